The number of ether oxygens (including phenoxy) is 1. The Hall–Kier alpha value is -0.680. The van der Waals surface area contributed by atoms with Crippen LogP contribution in [0.1, 0.15) is 24.9 Å². The third-order valence-electron chi connectivity index (χ3n) is 2.83. The molecule has 1 rings (SSSR count). The Morgan fingerprint density at radius 2 is 2.24 bits per heavy atom. The largest absolute Gasteiger partial charge is 0.385 e. The fraction of sp³-hybridized carbons (Fsp3) is 0.500. The Morgan fingerprint density at radius 3 is 2.76 bits per heavy atom. The van der Waals surface area contributed by atoms with Crippen LogP contribution in [-0.4, -0.2) is 13.7 Å². The molecule has 0 amide bonds. The Labute approximate surface area is 106 Å². The van der Waals surface area contributed by atoms with Gasteiger partial charge in [-0.1, -0.05) is 24.6 Å². The molecule has 0 aromatic heterocycles. The van der Waals surface area contributed by atoms with Crippen LogP contribution in [-0.2, 0) is 4.74 Å². The highest BCUT2D eigenvalue weighted by atomic mass is 35.5. The summed E-state index contributed by atoms with van der Waals surface area (Å²) >= 11 is 5.65. The van der Waals surface area contributed by atoms with Gasteiger partial charge in [-0.3, -0.25) is 11.3 Å². The van der Waals surface area contributed by atoms with Crippen LogP contribution in [0.2, 0.25) is 5.02 Å². The van der Waals surface area contributed by atoms with Crippen molar-refractivity contribution in [3.05, 3.63) is 34.6 Å². The fourth-order valence-electron chi connectivity index (χ4n) is 1.77. The van der Waals surface area contributed by atoms with E-state index in [0.717, 1.165) is 12.0 Å². The van der Waals surface area contributed by atoms with Gasteiger partial charge in [-0.15, -0.1) is 0 Å². The van der Waals surface area contributed by atoms with Gasteiger partial charge in [0.25, 0.3) is 0 Å². The second-order valence-electron chi connectivity index (χ2n) is 4.08. The summed E-state index contributed by atoms with van der Waals surface area (Å²) in [6.45, 7) is 2.69. The summed E-state index contributed by atoms with van der Waals surface area (Å²) in [4.78, 5) is 0. The first-order chi connectivity index (χ1) is 8.10. The van der Waals surface area contributed by atoms with Gasteiger partial charge in [0.2, 0.25) is 0 Å². The van der Waals surface area contributed by atoms with Crippen molar-refractivity contribution in [2.24, 2.45) is 11.8 Å². The van der Waals surface area contributed by atoms with Gasteiger partial charge in [-0.05, 0) is 30.0 Å². The van der Waals surface area contributed by atoms with Crippen molar-refractivity contribution in [3.8, 4) is 0 Å². The summed E-state index contributed by atoms with van der Waals surface area (Å²) in [5.74, 6) is 5.33. The molecule has 0 aliphatic heterocycles. The van der Waals surface area contributed by atoms with Crippen LogP contribution >= 0.6 is 11.6 Å². The van der Waals surface area contributed by atoms with E-state index in [4.69, 9.17) is 22.2 Å². The maximum atomic E-state index is 13.4. The van der Waals surface area contributed by atoms with Crippen molar-refractivity contribution in [2.75, 3.05) is 13.7 Å². The summed E-state index contributed by atoms with van der Waals surface area (Å²) in [7, 11) is 1.65. The zero-order valence-corrected chi connectivity index (χ0v) is 10.8. The van der Waals surface area contributed by atoms with Crippen LogP contribution in [0.25, 0.3) is 0 Å². The van der Waals surface area contributed by atoms with Crippen LogP contribution in [0, 0.1) is 11.7 Å². The zero-order chi connectivity index (χ0) is 12.8. The molecule has 0 spiro atoms. The quantitative estimate of drug-likeness (QED) is 0.611. The predicted molar refractivity (Wildman–Crippen MR) is 67.1 cm³/mol. The molecule has 3 N–H and O–H groups in total. The minimum absolute atomic E-state index is 0.114. The summed E-state index contributed by atoms with van der Waals surface area (Å²) in [5.41, 5.74) is 3.50. The second kappa shape index (κ2) is 6.91. The first-order valence-corrected chi connectivity index (χ1v) is 5.88. The van der Waals surface area contributed by atoms with Gasteiger partial charge in [-0.2, -0.15) is 0 Å². The van der Waals surface area contributed by atoms with Crippen molar-refractivity contribution >= 4 is 11.6 Å². The minimum atomic E-state index is -0.427. The highest BCUT2D eigenvalue weighted by Gasteiger charge is 2.18. The molecule has 0 fully saturated rings. The van der Waals surface area contributed by atoms with Crippen molar-refractivity contribution in [2.45, 2.75) is 19.4 Å². The number of rotatable bonds is 6. The molecule has 2 atom stereocenters. The van der Waals surface area contributed by atoms with E-state index in [0.29, 0.717) is 6.61 Å². The molecular weight excluding hydrogens is 243 g/mol. The van der Waals surface area contributed by atoms with Gasteiger partial charge in [-0.25, -0.2) is 4.39 Å². The molecule has 5 heteroatoms. The lowest BCUT2D eigenvalue weighted by molar-refractivity contribution is 0.170. The number of methoxy groups -OCH3 is 1. The number of halogens is 2. The lowest BCUT2D eigenvalue weighted by atomic mass is 9.92. The Kier molecular flexibility index (Phi) is 5.85. The molecule has 0 saturated carbocycles. The smallest absolute Gasteiger partial charge is 0.142 e. The Bertz CT molecular complexity index is 362. The van der Waals surface area contributed by atoms with Gasteiger partial charge in [0.15, 0.2) is 0 Å². The van der Waals surface area contributed by atoms with E-state index in [2.05, 4.69) is 5.43 Å². The molecule has 3 nitrogen and oxygen atoms in total. The molecule has 0 aliphatic carbocycles. The highest BCUT2D eigenvalue weighted by Crippen LogP contribution is 2.26. The second-order valence-corrected chi connectivity index (χ2v) is 4.48. The number of hydrogen-bond acceptors (Lipinski definition) is 3. The first kappa shape index (κ1) is 14.4. The third-order valence-corrected chi connectivity index (χ3v) is 3.14. The van der Waals surface area contributed by atoms with E-state index in [-0.39, 0.29) is 17.0 Å². The van der Waals surface area contributed by atoms with Gasteiger partial charge >= 0.3 is 0 Å². The Balaban J connectivity index is 2.81. The summed E-state index contributed by atoms with van der Waals surface area (Å²) in [5, 5.41) is 0.120. The molecule has 2 unspecified atom stereocenters. The average molecular weight is 261 g/mol. The molecule has 0 radical (unpaired) electrons. The predicted octanol–water partition coefficient (Wildman–Crippen LogP) is 2.66. The molecule has 0 aliphatic rings. The average Bonchev–Trinajstić information content (AvgIpc) is 2.32. The zero-order valence-electron chi connectivity index (χ0n) is 10.0. The van der Waals surface area contributed by atoms with E-state index in [1.807, 2.05) is 6.92 Å². The molecule has 1 aromatic rings. The van der Waals surface area contributed by atoms with Crippen LogP contribution in [0.3, 0.4) is 0 Å². The van der Waals surface area contributed by atoms with E-state index in [9.17, 15) is 4.39 Å². The molecule has 0 heterocycles. The monoisotopic (exact) mass is 260 g/mol. The number of nitrogens with two attached hydrogens (primary N) is 1. The number of hydrogen-bond donors (Lipinski definition) is 2. The van der Waals surface area contributed by atoms with E-state index in [1.54, 1.807) is 19.2 Å². The summed E-state index contributed by atoms with van der Waals surface area (Å²) < 4.78 is 18.4. The topological polar surface area (TPSA) is 47.3 Å². The van der Waals surface area contributed by atoms with Crippen molar-refractivity contribution in [1.82, 2.24) is 5.43 Å². The van der Waals surface area contributed by atoms with Gasteiger partial charge in [0, 0.05) is 19.8 Å². The molecule has 0 saturated heterocycles. The molecule has 96 valence electrons. The summed E-state index contributed by atoms with van der Waals surface area (Å²) in [6.07, 6.45) is 0.843. The maximum absolute atomic E-state index is 13.4. The van der Waals surface area contributed by atoms with E-state index in [1.165, 1.54) is 6.07 Å². The van der Waals surface area contributed by atoms with E-state index >= 15 is 0 Å². The normalized spacial score (nSPS) is 14.6. The summed E-state index contributed by atoms with van der Waals surface area (Å²) in [6, 6.07) is 4.62. The highest BCUT2D eigenvalue weighted by molar-refractivity contribution is 6.30. The van der Waals surface area contributed by atoms with Gasteiger partial charge in [0.05, 0.1) is 5.02 Å². The lowest BCUT2D eigenvalue weighted by Gasteiger charge is -2.23. The van der Waals surface area contributed by atoms with Gasteiger partial charge < -0.3 is 4.74 Å². The lowest BCUT2D eigenvalue weighted by Crippen LogP contribution is -2.33. The SMILES string of the molecule is COCCC(C)C(NN)c1ccc(Cl)c(F)c1. The fourth-order valence-corrected chi connectivity index (χ4v) is 1.88. The molecule has 17 heavy (non-hydrogen) atoms. The standard InChI is InChI=1S/C12H18ClFN2O/c1-8(5-6-17-2)12(16-15)9-3-4-10(13)11(14)7-9/h3-4,7-8,12,16H,5-6,15H2,1-2H3. The number of hydrazine groups is 1. The van der Waals surface area contributed by atoms with E-state index < -0.39 is 5.82 Å². The Morgan fingerprint density at radius 1 is 1.53 bits per heavy atom. The van der Waals surface area contributed by atoms with Crippen LogP contribution < -0.4 is 11.3 Å². The molecule has 1 aromatic carbocycles. The molecular formula is C12H18ClFN2O. The van der Waals surface area contributed by atoms with Crippen LogP contribution in [0.5, 0.6) is 0 Å². The number of benzene rings is 1. The van der Waals surface area contributed by atoms with Crippen molar-refractivity contribution in [1.29, 1.82) is 0 Å². The minimum Gasteiger partial charge on any atom is -0.385 e. The number of nitrogens with one attached hydrogen (secondary N) is 1. The van der Waals surface area contributed by atoms with Crippen LogP contribution in [0.15, 0.2) is 18.2 Å². The van der Waals surface area contributed by atoms with Gasteiger partial charge in [0.1, 0.15) is 5.82 Å². The van der Waals surface area contributed by atoms with Crippen LogP contribution in [0.4, 0.5) is 4.39 Å². The maximum Gasteiger partial charge on any atom is 0.142 e. The van der Waals surface area contributed by atoms with Crippen molar-refractivity contribution < 1.29 is 9.13 Å². The van der Waals surface area contributed by atoms with Crippen molar-refractivity contribution in [3.63, 3.8) is 0 Å². The first-order valence-electron chi connectivity index (χ1n) is 5.50. The third kappa shape index (κ3) is 3.92. The molecule has 0 bridgehead atoms.